The molecule has 2 aromatic heterocycles. The van der Waals surface area contributed by atoms with Gasteiger partial charge < -0.3 is 5.73 Å². The number of imidazole rings is 1. The number of pyridine rings is 1. The third kappa shape index (κ3) is 2.33. The molecule has 1 unspecified atom stereocenters. The van der Waals surface area contributed by atoms with Crippen LogP contribution in [0.3, 0.4) is 0 Å². The second-order valence-corrected chi connectivity index (χ2v) is 4.98. The Balaban J connectivity index is 2.32. The van der Waals surface area contributed by atoms with E-state index in [9.17, 15) is 0 Å². The van der Waals surface area contributed by atoms with Crippen LogP contribution < -0.4 is 5.73 Å². The van der Waals surface area contributed by atoms with Crippen molar-refractivity contribution in [2.24, 2.45) is 0 Å². The molecular formula is C14H22N4. The summed E-state index contributed by atoms with van der Waals surface area (Å²) in [6.45, 7) is 6.45. The number of aryl methyl sites for hydroxylation is 1. The van der Waals surface area contributed by atoms with E-state index in [-0.39, 0.29) is 0 Å². The SMILES string of the molecule is CCCCCC(C)n1c(N)nc2c(C)ccnc21. The molecule has 0 radical (unpaired) electrons. The van der Waals surface area contributed by atoms with Crippen molar-refractivity contribution in [3.05, 3.63) is 17.8 Å². The van der Waals surface area contributed by atoms with Crippen LogP contribution in [0.4, 0.5) is 5.95 Å². The van der Waals surface area contributed by atoms with Crippen LogP contribution >= 0.6 is 0 Å². The molecule has 0 saturated heterocycles. The molecule has 0 aliphatic heterocycles. The van der Waals surface area contributed by atoms with Crippen molar-refractivity contribution in [2.75, 3.05) is 5.73 Å². The molecule has 0 fully saturated rings. The number of hydrogen-bond donors (Lipinski definition) is 1. The maximum atomic E-state index is 6.04. The highest BCUT2D eigenvalue weighted by Gasteiger charge is 2.15. The Hall–Kier alpha value is -1.58. The molecule has 2 aromatic rings. The molecule has 2 rings (SSSR count). The average Bonchev–Trinajstić information content (AvgIpc) is 2.67. The summed E-state index contributed by atoms with van der Waals surface area (Å²) in [4.78, 5) is 8.87. The van der Waals surface area contributed by atoms with Gasteiger partial charge in [-0.3, -0.25) is 4.57 Å². The second kappa shape index (κ2) is 5.38. The van der Waals surface area contributed by atoms with Crippen LogP contribution in [-0.2, 0) is 0 Å². The van der Waals surface area contributed by atoms with Crippen LogP contribution in [0.15, 0.2) is 12.3 Å². The van der Waals surface area contributed by atoms with Gasteiger partial charge in [-0.2, -0.15) is 0 Å². The van der Waals surface area contributed by atoms with Crippen LogP contribution in [0.2, 0.25) is 0 Å². The monoisotopic (exact) mass is 246 g/mol. The Bertz CT molecular complexity index is 530. The van der Waals surface area contributed by atoms with Gasteiger partial charge >= 0.3 is 0 Å². The van der Waals surface area contributed by atoms with Crippen LogP contribution in [0, 0.1) is 6.92 Å². The van der Waals surface area contributed by atoms with E-state index in [0.29, 0.717) is 12.0 Å². The standard InChI is InChI=1S/C14H22N4/c1-4-5-6-7-11(3)18-13-12(17-14(18)15)10(2)8-9-16-13/h8-9,11H,4-7H2,1-3H3,(H2,15,17). The first kappa shape index (κ1) is 12.9. The van der Waals surface area contributed by atoms with Gasteiger partial charge in [-0.05, 0) is 31.9 Å². The molecule has 2 N–H and O–H groups in total. The van der Waals surface area contributed by atoms with Gasteiger partial charge in [0, 0.05) is 12.2 Å². The molecule has 0 aliphatic rings. The summed E-state index contributed by atoms with van der Waals surface area (Å²) in [6, 6.07) is 2.33. The van der Waals surface area contributed by atoms with Crippen LogP contribution in [0.25, 0.3) is 11.2 Å². The fourth-order valence-electron chi connectivity index (χ4n) is 2.38. The Morgan fingerprint density at radius 3 is 2.89 bits per heavy atom. The molecule has 0 saturated carbocycles. The zero-order chi connectivity index (χ0) is 13.1. The van der Waals surface area contributed by atoms with E-state index in [4.69, 9.17) is 5.73 Å². The van der Waals surface area contributed by atoms with Crippen molar-refractivity contribution in [1.29, 1.82) is 0 Å². The minimum atomic E-state index is 0.357. The maximum Gasteiger partial charge on any atom is 0.202 e. The summed E-state index contributed by atoms with van der Waals surface area (Å²) >= 11 is 0. The Morgan fingerprint density at radius 1 is 1.39 bits per heavy atom. The fourth-order valence-corrected chi connectivity index (χ4v) is 2.38. The first-order valence-corrected chi connectivity index (χ1v) is 6.74. The van der Waals surface area contributed by atoms with Crippen molar-refractivity contribution in [3.63, 3.8) is 0 Å². The third-order valence-electron chi connectivity index (χ3n) is 3.47. The molecule has 2 heterocycles. The van der Waals surface area contributed by atoms with E-state index < -0.39 is 0 Å². The van der Waals surface area contributed by atoms with Crippen molar-refractivity contribution >= 4 is 17.1 Å². The van der Waals surface area contributed by atoms with Gasteiger partial charge in [0.2, 0.25) is 5.95 Å². The largest absolute Gasteiger partial charge is 0.369 e. The minimum absolute atomic E-state index is 0.357. The van der Waals surface area contributed by atoms with E-state index in [0.717, 1.165) is 23.1 Å². The molecular weight excluding hydrogens is 224 g/mol. The summed E-state index contributed by atoms with van der Waals surface area (Å²) in [5, 5.41) is 0. The van der Waals surface area contributed by atoms with Gasteiger partial charge in [-0.25, -0.2) is 9.97 Å². The van der Waals surface area contributed by atoms with Crippen molar-refractivity contribution in [3.8, 4) is 0 Å². The number of fused-ring (bicyclic) bond motifs is 1. The topological polar surface area (TPSA) is 56.7 Å². The quantitative estimate of drug-likeness (QED) is 0.822. The third-order valence-corrected chi connectivity index (χ3v) is 3.47. The highest BCUT2D eigenvalue weighted by molar-refractivity contribution is 5.77. The summed E-state index contributed by atoms with van der Waals surface area (Å²) in [7, 11) is 0. The van der Waals surface area contributed by atoms with Gasteiger partial charge in [0.05, 0.1) is 0 Å². The van der Waals surface area contributed by atoms with Crippen LogP contribution in [0.1, 0.15) is 51.1 Å². The van der Waals surface area contributed by atoms with Crippen molar-refractivity contribution in [2.45, 2.75) is 52.5 Å². The van der Waals surface area contributed by atoms with Crippen molar-refractivity contribution in [1.82, 2.24) is 14.5 Å². The highest BCUT2D eigenvalue weighted by atomic mass is 15.2. The normalized spacial score (nSPS) is 13.1. The van der Waals surface area contributed by atoms with Crippen molar-refractivity contribution < 1.29 is 0 Å². The summed E-state index contributed by atoms with van der Waals surface area (Å²) in [5.41, 5.74) is 9.01. The number of nitrogens with zero attached hydrogens (tertiary/aromatic N) is 3. The summed E-state index contributed by atoms with van der Waals surface area (Å²) in [6.07, 6.45) is 6.68. The molecule has 4 heteroatoms. The predicted octanol–water partition coefficient (Wildman–Crippen LogP) is 3.46. The van der Waals surface area contributed by atoms with E-state index in [2.05, 4.69) is 28.4 Å². The predicted molar refractivity (Wildman–Crippen MR) is 75.5 cm³/mol. The van der Waals surface area contributed by atoms with Gasteiger partial charge in [-0.1, -0.05) is 26.2 Å². The first-order valence-electron chi connectivity index (χ1n) is 6.74. The number of unbranched alkanes of at least 4 members (excludes halogenated alkanes) is 2. The molecule has 0 aliphatic carbocycles. The smallest absolute Gasteiger partial charge is 0.202 e. The zero-order valence-corrected chi connectivity index (χ0v) is 11.5. The lowest BCUT2D eigenvalue weighted by Gasteiger charge is -2.15. The lowest BCUT2D eigenvalue weighted by atomic mass is 10.1. The van der Waals surface area contributed by atoms with E-state index in [1.54, 1.807) is 0 Å². The van der Waals surface area contributed by atoms with Gasteiger partial charge in [-0.15, -0.1) is 0 Å². The van der Waals surface area contributed by atoms with Crippen LogP contribution in [0.5, 0.6) is 0 Å². The lowest BCUT2D eigenvalue weighted by molar-refractivity contribution is 0.490. The summed E-state index contributed by atoms with van der Waals surface area (Å²) in [5.74, 6) is 0.579. The Kier molecular flexibility index (Phi) is 3.84. The lowest BCUT2D eigenvalue weighted by Crippen LogP contribution is -2.09. The average molecular weight is 246 g/mol. The molecule has 1 atom stereocenters. The fraction of sp³-hybridized carbons (Fsp3) is 0.571. The number of aromatic nitrogens is 3. The number of anilines is 1. The van der Waals surface area contributed by atoms with Crippen LogP contribution in [-0.4, -0.2) is 14.5 Å². The molecule has 4 nitrogen and oxygen atoms in total. The number of rotatable bonds is 5. The molecule has 0 spiro atoms. The van der Waals surface area contributed by atoms with E-state index in [1.165, 1.54) is 19.3 Å². The Labute approximate surface area is 108 Å². The molecule has 98 valence electrons. The molecule has 0 bridgehead atoms. The molecule has 0 amide bonds. The van der Waals surface area contributed by atoms with E-state index >= 15 is 0 Å². The van der Waals surface area contributed by atoms with Gasteiger partial charge in [0.25, 0.3) is 0 Å². The highest BCUT2D eigenvalue weighted by Crippen LogP contribution is 2.25. The maximum absolute atomic E-state index is 6.04. The van der Waals surface area contributed by atoms with E-state index in [1.807, 2.05) is 19.2 Å². The number of nitrogens with two attached hydrogens (primary N) is 1. The minimum Gasteiger partial charge on any atom is -0.369 e. The second-order valence-electron chi connectivity index (χ2n) is 4.98. The van der Waals surface area contributed by atoms with Gasteiger partial charge in [0.15, 0.2) is 5.65 Å². The summed E-state index contributed by atoms with van der Waals surface area (Å²) < 4.78 is 2.07. The first-order chi connectivity index (χ1) is 8.65. The molecule has 18 heavy (non-hydrogen) atoms. The Morgan fingerprint density at radius 2 is 2.17 bits per heavy atom. The number of nitrogen functional groups attached to an aromatic ring is 1. The number of hydrogen-bond acceptors (Lipinski definition) is 3. The molecule has 0 aromatic carbocycles. The van der Waals surface area contributed by atoms with Gasteiger partial charge in [0.1, 0.15) is 5.52 Å². The zero-order valence-electron chi connectivity index (χ0n) is 11.5.